The second-order valence-corrected chi connectivity index (χ2v) is 7.98. The van der Waals surface area contributed by atoms with E-state index in [1.807, 2.05) is 4.83 Å². The average molecular weight is 502 g/mol. The Balaban J connectivity index is 1.56. The number of alkyl halides is 3. The maximum atomic E-state index is 13.2. The van der Waals surface area contributed by atoms with Gasteiger partial charge in [-0.1, -0.05) is 5.16 Å². The van der Waals surface area contributed by atoms with E-state index < -0.39 is 38.6 Å². The van der Waals surface area contributed by atoms with Gasteiger partial charge in [0.15, 0.2) is 5.69 Å². The molecule has 17 heteroatoms. The minimum Gasteiger partial charge on any atom is -0.406 e. The summed E-state index contributed by atoms with van der Waals surface area (Å²) in [5.41, 5.74) is 2.10. The lowest BCUT2D eigenvalue weighted by Gasteiger charge is -2.10. The Kier molecular flexibility index (Phi) is 5.80. The van der Waals surface area contributed by atoms with Gasteiger partial charge in [-0.15, -0.1) is 18.0 Å². The van der Waals surface area contributed by atoms with Crippen molar-refractivity contribution < 1.29 is 39.9 Å². The molecule has 0 aliphatic heterocycles. The molecule has 0 unspecified atom stereocenters. The summed E-state index contributed by atoms with van der Waals surface area (Å²) in [5, 5.41) is 10.6. The van der Waals surface area contributed by atoms with Crippen LogP contribution in [0.2, 0.25) is 0 Å². The fourth-order valence-electron chi connectivity index (χ4n) is 2.63. The van der Waals surface area contributed by atoms with Crippen molar-refractivity contribution in [3.8, 4) is 23.0 Å². The SMILES string of the molecule is O=c1onc(-c2nonc2NNS(=O)(=O)c2ccc(OC(F)(F)F)cc2)n1-c1ccc(F)cc1. The Morgan fingerprint density at radius 1 is 0.971 bits per heavy atom. The first kappa shape index (κ1) is 22.9. The molecule has 2 aromatic heterocycles. The van der Waals surface area contributed by atoms with E-state index in [1.165, 1.54) is 12.1 Å². The lowest BCUT2D eigenvalue weighted by molar-refractivity contribution is -0.274. The smallest absolute Gasteiger partial charge is 0.406 e. The molecule has 0 spiro atoms. The molecule has 0 bridgehead atoms. The van der Waals surface area contributed by atoms with E-state index in [2.05, 4.69) is 34.8 Å². The van der Waals surface area contributed by atoms with Gasteiger partial charge in [0.05, 0.1) is 10.6 Å². The van der Waals surface area contributed by atoms with Crippen LogP contribution in [0.25, 0.3) is 17.2 Å². The summed E-state index contributed by atoms with van der Waals surface area (Å²) in [4.78, 5) is 13.6. The molecular weight excluding hydrogens is 492 g/mol. The fourth-order valence-corrected chi connectivity index (χ4v) is 3.47. The Morgan fingerprint density at radius 3 is 2.29 bits per heavy atom. The number of rotatable bonds is 7. The van der Waals surface area contributed by atoms with Gasteiger partial charge in [-0.2, -0.15) is 0 Å². The molecule has 4 aromatic rings. The molecule has 0 aliphatic carbocycles. The third-order valence-corrected chi connectivity index (χ3v) is 5.32. The zero-order chi connectivity index (χ0) is 24.5. The second kappa shape index (κ2) is 8.60. The molecule has 34 heavy (non-hydrogen) atoms. The highest BCUT2D eigenvalue weighted by molar-refractivity contribution is 7.89. The summed E-state index contributed by atoms with van der Waals surface area (Å²) in [5.74, 6) is -2.74. The highest BCUT2D eigenvalue weighted by atomic mass is 32.2. The molecule has 0 amide bonds. The second-order valence-electron chi connectivity index (χ2n) is 6.30. The summed E-state index contributed by atoms with van der Waals surface area (Å²) in [6, 6.07) is 8.03. The molecule has 0 fully saturated rings. The van der Waals surface area contributed by atoms with Crippen LogP contribution in [-0.4, -0.2) is 34.8 Å². The largest absolute Gasteiger partial charge is 0.573 e. The molecule has 0 aliphatic rings. The number of nitrogens with zero attached hydrogens (tertiary/aromatic N) is 4. The number of sulfonamides is 1. The zero-order valence-electron chi connectivity index (χ0n) is 16.3. The van der Waals surface area contributed by atoms with E-state index in [1.54, 1.807) is 0 Å². The topological polar surface area (TPSA) is 154 Å². The zero-order valence-corrected chi connectivity index (χ0v) is 17.1. The van der Waals surface area contributed by atoms with Gasteiger partial charge in [0.25, 0.3) is 10.0 Å². The molecule has 4 rings (SSSR count). The molecule has 0 saturated carbocycles. The number of hydrogen-bond donors (Lipinski definition) is 2. The monoisotopic (exact) mass is 502 g/mol. The maximum absolute atomic E-state index is 13.2. The minimum atomic E-state index is -4.94. The van der Waals surface area contributed by atoms with E-state index in [-0.39, 0.29) is 23.0 Å². The van der Waals surface area contributed by atoms with E-state index >= 15 is 0 Å². The highest BCUT2D eigenvalue weighted by Gasteiger charge is 2.31. The van der Waals surface area contributed by atoms with Crippen molar-refractivity contribution in [2.75, 3.05) is 5.43 Å². The maximum Gasteiger partial charge on any atom is 0.573 e. The van der Waals surface area contributed by atoms with Crippen molar-refractivity contribution in [3.63, 3.8) is 0 Å². The Labute approximate surface area is 185 Å². The number of nitrogens with one attached hydrogen (secondary N) is 2. The predicted molar refractivity (Wildman–Crippen MR) is 102 cm³/mol. The molecule has 0 saturated heterocycles. The van der Waals surface area contributed by atoms with Crippen LogP contribution in [0.5, 0.6) is 5.75 Å². The van der Waals surface area contributed by atoms with Crippen molar-refractivity contribution in [1.82, 2.24) is 24.9 Å². The lowest BCUT2D eigenvalue weighted by Crippen LogP contribution is -2.30. The normalized spacial score (nSPS) is 12.0. The Hall–Kier alpha value is -4.25. The van der Waals surface area contributed by atoms with Gasteiger partial charge >= 0.3 is 12.1 Å². The van der Waals surface area contributed by atoms with Crippen LogP contribution in [0.3, 0.4) is 0 Å². The van der Waals surface area contributed by atoms with Crippen LogP contribution < -0.4 is 20.7 Å². The highest BCUT2D eigenvalue weighted by Crippen LogP contribution is 2.25. The molecule has 2 aromatic carbocycles. The number of hydrogen-bond acceptors (Lipinski definition) is 10. The van der Waals surface area contributed by atoms with Gasteiger partial charge in [-0.25, -0.2) is 26.8 Å². The first-order chi connectivity index (χ1) is 16.0. The fraction of sp³-hybridized carbons (Fsp3) is 0.0588. The van der Waals surface area contributed by atoms with E-state index in [0.717, 1.165) is 41.0 Å². The van der Waals surface area contributed by atoms with Crippen molar-refractivity contribution >= 4 is 15.8 Å². The van der Waals surface area contributed by atoms with Crippen molar-refractivity contribution in [2.45, 2.75) is 11.3 Å². The van der Waals surface area contributed by atoms with Gasteiger partial charge < -0.3 is 4.74 Å². The lowest BCUT2D eigenvalue weighted by atomic mass is 10.3. The summed E-state index contributed by atoms with van der Waals surface area (Å²) in [6.45, 7) is 0. The molecule has 2 N–H and O–H groups in total. The quantitative estimate of drug-likeness (QED) is 0.284. The van der Waals surface area contributed by atoms with Gasteiger partial charge in [0.2, 0.25) is 11.6 Å². The number of anilines is 1. The van der Waals surface area contributed by atoms with Crippen molar-refractivity contribution in [2.24, 2.45) is 0 Å². The first-order valence-corrected chi connectivity index (χ1v) is 10.3. The van der Waals surface area contributed by atoms with Gasteiger partial charge in [0.1, 0.15) is 11.6 Å². The van der Waals surface area contributed by atoms with Crippen LogP contribution in [0.4, 0.5) is 23.4 Å². The molecule has 2 heterocycles. The first-order valence-electron chi connectivity index (χ1n) is 8.85. The van der Waals surface area contributed by atoms with Crippen LogP contribution in [-0.2, 0) is 10.0 Å². The van der Waals surface area contributed by atoms with Crippen LogP contribution in [0.1, 0.15) is 0 Å². The number of ether oxygens (including phenoxy) is 1. The summed E-state index contributed by atoms with van der Waals surface area (Å²) >= 11 is 0. The summed E-state index contributed by atoms with van der Waals surface area (Å²) in [7, 11) is -4.32. The summed E-state index contributed by atoms with van der Waals surface area (Å²) < 4.78 is 88.7. The Bertz CT molecular complexity index is 1460. The number of halogens is 4. The average Bonchev–Trinajstić information content (AvgIpc) is 3.38. The Morgan fingerprint density at radius 2 is 1.65 bits per heavy atom. The summed E-state index contributed by atoms with van der Waals surface area (Å²) in [6.07, 6.45) is -4.94. The van der Waals surface area contributed by atoms with Crippen molar-refractivity contribution in [1.29, 1.82) is 0 Å². The van der Waals surface area contributed by atoms with E-state index in [4.69, 9.17) is 0 Å². The molecule has 178 valence electrons. The van der Waals surface area contributed by atoms with Crippen LogP contribution in [0, 0.1) is 5.82 Å². The van der Waals surface area contributed by atoms with Gasteiger partial charge in [-0.05, 0) is 58.8 Å². The predicted octanol–water partition coefficient (Wildman–Crippen LogP) is 2.22. The molecule has 12 nitrogen and oxygen atoms in total. The van der Waals surface area contributed by atoms with Crippen LogP contribution >= 0.6 is 0 Å². The molecular formula is C17H10F4N6O6S. The van der Waals surface area contributed by atoms with Gasteiger partial charge in [0, 0.05) is 0 Å². The van der Waals surface area contributed by atoms with Crippen molar-refractivity contribution in [3.05, 3.63) is 64.9 Å². The molecule has 0 atom stereocenters. The third kappa shape index (κ3) is 4.89. The third-order valence-electron chi connectivity index (χ3n) is 4.06. The van der Waals surface area contributed by atoms with E-state index in [0.29, 0.717) is 0 Å². The minimum absolute atomic E-state index is 0.151. The van der Waals surface area contributed by atoms with Crippen LogP contribution in [0.15, 0.2) is 67.4 Å². The van der Waals surface area contributed by atoms with E-state index in [9.17, 15) is 30.8 Å². The standard InChI is InChI=1S/C17H10F4N6O6S/c18-9-1-3-10(4-2-9)27-15(25-32-16(27)28)13-14(24-33-23-13)22-26-34(29,30)12-7-5-11(6-8-12)31-17(19,20)21/h1-8,26H,(H,22,24). The number of hydrazine groups is 1. The van der Waals surface area contributed by atoms with Gasteiger partial charge in [-0.3, -0.25) is 9.95 Å². The molecule has 0 radical (unpaired) electrons. The number of aromatic nitrogens is 4. The number of benzene rings is 2.